The van der Waals surface area contributed by atoms with Gasteiger partial charge in [-0.1, -0.05) is 29.3 Å². The van der Waals surface area contributed by atoms with E-state index in [2.05, 4.69) is 22.9 Å². The van der Waals surface area contributed by atoms with Gasteiger partial charge in [-0.05, 0) is 5.92 Å². The average molecular weight is 167 g/mol. The molecule has 0 amide bonds. The Morgan fingerprint density at radius 1 is 1.71 bits per heavy atom. The molecule has 0 aromatic heterocycles. The van der Waals surface area contributed by atoms with E-state index in [1.165, 1.54) is 0 Å². The van der Waals surface area contributed by atoms with E-state index < -0.39 is 0 Å². The van der Waals surface area contributed by atoms with Gasteiger partial charge in [0.2, 0.25) is 0 Å². The average Bonchev–Trinajstić information content (AvgIpc) is 1.72. The van der Waals surface area contributed by atoms with Crippen LogP contribution in [0, 0.1) is 5.92 Å². The number of rotatable bonds is 3. The number of aliphatic hydroxyl groups is 1. The van der Waals surface area contributed by atoms with Crippen LogP contribution in [-0.2, 0) is 0 Å². The van der Waals surface area contributed by atoms with Crippen LogP contribution in [0.4, 0.5) is 0 Å². The quantitative estimate of drug-likeness (QED) is 0.630. The summed E-state index contributed by atoms with van der Waals surface area (Å²) in [6.45, 7) is 2.38. The summed E-state index contributed by atoms with van der Waals surface area (Å²) in [4.78, 5) is 0. The molecule has 0 heterocycles. The second kappa shape index (κ2) is 4.60. The Morgan fingerprint density at radius 2 is 2.29 bits per heavy atom. The van der Waals surface area contributed by atoms with Crippen molar-refractivity contribution in [2.24, 2.45) is 5.92 Å². The second-order valence-electron chi connectivity index (χ2n) is 1.61. The van der Waals surface area contributed by atoms with Crippen LogP contribution in [0.2, 0.25) is 0 Å². The molecular formula is C5H11BrO. The van der Waals surface area contributed by atoms with Crippen LogP contribution in [0.15, 0.2) is 0 Å². The van der Waals surface area contributed by atoms with Crippen molar-refractivity contribution in [2.75, 3.05) is 11.9 Å². The number of halogens is 1. The Bertz CT molecular complexity index is 29.6. The van der Waals surface area contributed by atoms with Gasteiger partial charge in [-0.15, -0.1) is 0 Å². The molecule has 7 heavy (non-hydrogen) atoms. The van der Waals surface area contributed by atoms with E-state index in [9.17, 15) is 0 Å². The number of aliphatic hydroxyl groups excluding tert-OH is 1. The molecule has 0 spiro atoms. The highest BCUT2D eigenvalue weighted by molar-refractivity contribution is 9.09. The van der Waals surface area contributed by atoms with Crippen LogP contribution in [0.5, 0.6) is 0 Å². The van der Waals surface area contributed by atoms with Gasteiger partial charge in [-0.25, -0.2) is 0 Å². The summed E-state index contributed by atoms with van der Waals surface area (Å²) in [5, 5.41) is 9.41. The van der Waals surface area contributed by atoms with E-state index in [1.54, 1.807) is 0 Å². The van der Waals surface area contributed by atoms with Gasteiger partial charge in [0, 0.05) is 11.9 Å². The molecule has 0 bridgehead atoms. The Morgan fingerprint density at radius 3 is 2.29 bits per heavy atom. The minimum atomic E-state index is 0.307. The standard InChI is InChI=1S/C5H11BrO/c1-2-5(3-6)4-7/h5,7H,2-4H2,1H3/t5-/m0/s1. The zero-order valence-electron chi connectivity index (χ0n) is 4.52. The summed E-state index contributed by atoms with van der Waals surface area (Å²) < 4.78 is 0. The molecule has 0 fully saturated rings. The molecular weight excluding hydrogens is 156 g/mol. The lowest BCUT2D eigenvalue weighted by Crippen LogP contribution is -2.04. The minimum absolute atomic E-state index is 0.307. The Hall–Kier alpha value is 0.440. The Kier molecular flexibility index (Phi) is 4.88. The molecule has 0 aliphatic heterocycles. The van der Waals surface area contributed by atoms with Crippen molar-refractivity contribution < 1.29 is 5.11 Å². The van der Waals surface area contributed by atoms with Crippen molar-refractivity contribution in [1.29, 1.82) is 0 Å². The maximum atomic E-state index is 8.50. The van der Waals surface area contributed by atoms with Gasteiger partial charge in [0.1, 0.15) is 0 Å². The number of alkyl halides is 1. The smallest absolute Gasteiger partial charge is 0.0467 e. The van der Waals surface area contributed by atoms with Crippen LogP contribution >= 0.6 is 15.9 Å². The third-order valence-electron chi connectivity index (χ3n) is 1.05. The molecule has 2 heteroatoms. The van der Waals surface area contributed by atoms with Gasteiger partial charge in [0.15, 0.2) is 0 Å². The maximum Gasteiger partial charge on any atom is 0.0467 e. The van der Waals surface area contributed by atoms with Crippen molar-refractivity contribution in [3.8, 4) is 0 Å². The highest BCUT2D eigenvalue weighted by atomic mass is 79.9. The third kappa shape index (κ3) is 3.06. The fourth-order valence-electron chi connectivity index (χ4n) is 0.287. The minimum Gasteiger partial charge on any atom is -0.396 e. The molecule has 1 atom stereocenters. The first-order valence-electron chi connectivity index (χ1n) is 2.52. The SMILES string of the molecule is CC[C@H](CO)CBr. The van der Waals surface area contributed by atoms with E-state index in [0.29, 0.717) is 12.5 Å². The Labute approximate surface area is 52.9 Å². The van der Waals surface area contributed by atoms with E-state index in [-0.39, 0.29) is 0 Å². The first-order chi connectivity index (χ1) is 3.35. The van der Waals surface area contributed by atoms with Crippen LogP contribution in [0.3, 0.4) is 0 Å². The van der Waals surface area contributed by atoms with Crippen LogP contribution in [0.1, 0.15) is 13.3 Å². The molecule has 0 saturated heterocycles. The van der Waals surface area contributed by atoms with Crippen molar-refractivity contribution in [3.05, 3.63) is 0 Å². The highest BCUT2D eigenvalue weighted by Gasteiger charge is 1.98. The largest absolute Gasteiger partial charge is 0.396 e. The summed E-state index contributed by atoms with van der Waals surface area (Å²) in [5.74, 6) is 0.458. The van der Waals surface area contributed by atoms with Gasteiger partial charge in [-0.2, -0.15) is 0 Å². The lowest BCUT2D eigenvalue weighted by Gasteiger charge is -2.03. The monoisotopic (exact) mass is 166 g/mol. The molecule has 0 rings (SSSR count). The normalized spacial score (nSPS) is 14.1. The van der Waals surface area contributed by atoms with E-state index >= 15 is 0 Å². The topological polar surface area (TPSA) is 20.2 Å². The number of hydrogen-bond donors (Lipinski definition) is 1. The first-order valence-corrected chi connectivity index (χ1v) is 3.64. The van der Waals surface area contributed by atoms with Crippen molar-refractivity contribution in [1.82, 2.24) is 0 Å². The summed E-state index contributed by atoms with van der Waals surface area (Å²) >= 11 is 3.28. The van der Waals surface area contributed by atoms with Crippen molar-refractivity contribution in [3.63, 3.8) is 0 Å². The molecule has 0 radical (unpaired) electrons. The molecule has 1 nitrogen and oxygen atoms in total. The van der Waals surface area contributed by atoms with E-state index in [4.69, 9.17) is 5.11 Å². The van der Waals surface area contributed by atoms with Crippen LogP contribution in [-0.4, -0.2) is 17.0 Å². The summed E-state index contributed by atoms with van der Waals surface area (Å²) in [7, 11) is 0. The summed E-state index contributed by atoms with van der Waals surface area (Å²) in [5.41, 5.74) is 0. The van der Waals surface area contributed by atoms with Gasteiger partial charge in [0.25, 0.3) is 0 Å². The molecule has 44 valence electrons. The van der Waals surface area contributed by atoms with Gasteiger partial charge >= 0.3 is 0 Å². The second-order valence-corrected chi connectivity index (χ2v) is 2.26. The molecule has 1 N–H and O–H groups in total. The Balaban J connectivity index is 2.99. The molecule has 0 aromatic rings. The van der Waals surface area contributed by atoms with Gasteiger partial charge in [-0.3, -0.25) is 0 Å². The lowest BCUT2D eigenvalue weighted by atomic mass is 10.1. The molecule has 0 unspecified atom stereocenters. The third-order valence-corrected chi connectivity index (χ3v) is 1.97. The van der Waals surface area contributed by atoms with E-state index in [0.717, 1.165) is 11.8 Å². The van der Waals surface area contributed by atoms with Crippen molar-refractivity contribution in [2.45, 2.75) is 13.3 Å². The lowest BCUT2D eigenvalue weighted by molar-refractivity contribution is 0.237. The van der Waals surface area contributed by atoms with Crippen molar-refractivity contribution >= 4 is 15.9 Å². The molecule has 0 aliphatic rings. The molecule has 0 aromatic carbocycles. The maximum absolute atomic E-state index is 8.50. The van der Waals surface area contributed by atoms with Crippen LogP contribution < -0.4 is 0 Å². The fraction of sp³-hybridized carbons (Fsp3) is 1.00. The summed E-state index contributed by atoms with van der Waals surface area (Å²) in [6.07, 6.45) is 1.06. The predicted octanol–water partition coefficient (Wildman–Crippen LogP) is 1.40. The summed E-state index contributed by atoms with van der Waals surface area (Å²) in [6, 6.07) is 0. The predicted molar refractivity (Wildman–Crippen MR) is 34.7 cm³/mol. The zero-order chi connectivity index (χ0) is 5.70. The van der Waals surface area contributed by atoms with Gasteiger partial charge < -0.3 is 5.11 Å². The zero-order valence-corrected chi connectivity index (χ0v) is 6.11. The van der Waals surface area contributed by atoms with Gasteiger partial charge in [0.05, 0.1) is 0 Å². The molecule has 0 aliphatic carbocycles. The number of hydrogen-bond acceptors (Lipinski definition) is 1. The molecule has 0 saturated carbocycles. The highest BCUT2D eigenvalue weighted by Crippen LogP contribution is 2.03. The fourth-order valence-corrected chi connectivity index (χ4v) is 0.950. The van der Waals surface area contributed by atoms with E-state index in [1.807, 2.05) is 0 Å². The van der Waals surface area contributed by atoms with Crippen LogP contribution in [0.25, 0.3) is 0 Å². The first kappa shape index (κ1) is 7.44.